The monoisotopic (exact) mass is 360 g/mol. The third-order valence-electron chi connectivity index (χ3n) is 7.28. The second-order valence-electron chi connectivity index (χ2n) is 9.18. The molecule has 4 heteroatoms. The summed E-state index contributed by atoms with van der Waals surface area (Å²) in [4.78, 5) is 9.45. The second-order valence-corrected chi connectivity index (χ2v) is 9.18. The molecule has 4 fully saturated rings. The van der Waals surface area contributed by atoms with Crippen LogP contribution < -0.4 is 0 Å². The van der Waals surface area contributed by atoms with Gasteiger partial charge < -0.3 is 9.52 Å². The lowest BCUT2D eigenvalue weighted by atomic mass is 9.49. The van der Waals surface area contributed by atoms with Crippen molar-refractivity contribution in [2.75, 3.05) is 0 Å². The van der Waals surface area contributed by atoms with Gasteiger partial charge >= 0.3 is 5.95 Å². The van der Waals surface area contributed by atoms with Gasteiger partial charge in [-0.05, 0) is 75.3 Å². The zero-order chi connectivity index (χ0) is 18.2. The summed E-state index contributed by atoms with van der Waals surface area (Å²) in [6, 6.07) is 8.10. The van der Waals surface area contributed by atoms with Crippen molar-refractivity contribution in [2.24, 2.45) is 22.7 Å². The fourth-order valence-electron chi connectivity index (χ4n) is 6.57. The predicted octanol–water partition coefficient (Wildman–Crippen LogP) is 5.49. The molecule has 0 saturated heterocycles. The highest BCUT2D eigenvalue weighted by molar-refractivity contribution is 6.31. The van der Waals surface area contributed by atoms with E-state index in [0.717, 1.165) is 46.2 Å². The lowest BCUT2D eigenvalue weighted by molar-refractivity contribution is -0.0188. The van der Waals surface area contributed by atoms with E-state index in [9.17, 15) is 5.11 Å². The fraction of sp³-hybridized carbons (Fsp3) is 0.478. The molecular formula is C23H24N2O2. The Balaban J connectivity index is 1.40. The molecule has 7 rings (SSSR count). The van der Waals surface area contributed by atoms with Crippen LogP contribution in [0, 0.1) is 17.8 Å². The van der Waals surface area contributed by atoms with Crippen molar-refractivity contribution in [1.82, 2.24) is 4.98 Å². The Labute approximate surface area is 159 Å². The zero-order valence-electron chi connectivity index (χ0n) is 15.6. The lowest BCUT2D eigenvalue weighted by Crippen LogP contribution is -2.48. The number of benzene rings is 1. The van der Waals surface area contributed by atoms with E-state index in [1.807, 2.05) is 31.2 Å². The molecular weight excluding hydrogens is 336 g/mol. The van der Waals surface area contributed by atoms with Crippen molar-refractivity contribution >= 4 is 23.0 Å². The van der Waals surface area contributed by atoms with Crippen molar-refractivity contribution in [3.63, 3.8) is 0 Å². The Morgan fingerprint density at radius 2 is 1.74 bits per heavy atom. The molecule has 27 heavy (non-hydrogen) atoms. The molecule has 138 valence electrons. The summed E-state index contributed by atoms with van der Waals surface area (Å²) in [5, 5.41) is 10.5. The molecule has 5 aliphatic rings. The molecule has 4 bridgehead atoms. The van der Waals surface area contributed by atoms with Gasteiger partial charge in [-0.1, -0.05) is 18.2 Å². The van der Waals surface area contributed by atoms with Gasteiger partial charge in [0.25, 0.3) is 0 Å². The minimum atomic E-state index is -0.0505. The molecule has 0 radical (unpaired) electrons. The van der Waals surface area contributed by atoms with Crippen LogP contribution in [0.25, 0.3) is 11.6 Å². The normalized spacial score (nSPS) is 34.9. The van der Waals surface area contributed by atoms with Crippen LogP contribution in [0.2, 0.25) is 0 Å². The van der Waals surface area contributed by atoms with Crippen LogP contribution in [-0.2, 0) is 5.41 Å². The smallest absolute Gasteiger partial charge is 0.310 e. The van der Waals surface area contributed by atoms with E-state index in [-0.39, 0.29) is 11.4 Å². The first kappa shape index (κ1) is 15.7. The molecule has 2 heterocycles. The number of fused-ring (bicyclic) bond motifs is 1. The maximum absolute atomic E-state index is 10.5. The minimum Gasteiger partial charge on any atom is -0.479 e. The Hall–Kier alpha value is -2.36. The maximum Gasteiger partial charge on any atom is 0.310 e. The number of rotatable bonds is 2. The van der Waals surface area contributed by atoms with E-state index < -0.39 is 0 Å². The van der Waals surface area contributed by atoms with Gasteiger partial charge in [0.05, 0.1) is 5.69 Å². The van der Waals surface area contributed by atoms with Crippen molar-refractivity contribution in [3.05, 3.63) is 41.4 Å². The van der Waals surface area contributed by atoms with Crippen LogP contribution in [0.3, 0.4) is 0 Å². The lowest BCUT2D eigenvalue weighted by Gasteiger charge is -2.55. The molecule has 2 aromatic rings. The highest BCUT2D eigenvalue weighted by Gasteiger charge is 2.54. The van der Waals surface area contributed by atoms with E-state index in [4.69, 9.17) is 9.40 Å². The number of oxazole rings is 1. The number of aliphatic imine (C=N–C) groups is 1. The van der Waals surface area contributed by atoms with Crippen LogP contribution in [-0.4, -0.2) is 15.8 Å². The number of allylic oxidation sites excluding steroid dienone is 1. The standard InChI is InChI=1S/C23H24N2O2/c1-13-18(17-4-2-3-5-19(17)24-13)9-20-21(26)27-22(25-20)23-10-14-6-15(11-23)8-16(7-14)12-23/h2-5,9,14-16,26H,6-8,10-12H2,1H3/b18-9-. The topological polar surface area (TPSA) is 58.6 Å². The Kier molecular flexibility index (Phi) is 3.10. The summed E-state index contributed by atoms with van der Waals surface area (Å²) < 4.78 is 5.89. The average Bonchev–Trinajstić information content (AvgIpc) is 3.15. The third-order valence-corrected chi connectivity index (χ3v) is 7.28. The fourth-order valence-corrected chi connectivity index (χ4v) is 6.57. The summed E-state index contributed by atoms with van der Waals surface area (Å²) in [7, 11) is 0. The first-order valence-electron chi connectivity index (χ1n) is 10.2. The molecule has 4 nitrogen and oxygen atoms in total. The van der Waals surface area contributed by atoms with E-state index in [1.165, 1.54) is 38.5 Å². The van der Waals surface area contributed by atoms with Crippen LogP contribution in [0.15, 0.2) is 33.7 Å². The van der Waals surface area contributed by atoms with Crippen LogP contribution in [0.5, 0.6) is 5.95 Å². The summed E-state index contributed by atoms with van der Waals surface area (Å²) >= 11 is 0. The number of hydrogen-bond donors (Lipinski definition) is 1. The van der Waals surface area contributed by atoms with Gasteiger partial charge in [-0.15, -0.1) is 0 Å². The van der Waals surface area contributed by atoms with Gasteiger partial charge in [0.1, 0.15) is 5.69 Å². The summed E-state index contributed by atoms with van der Waals surface area (Å²) in [5.74, 6) is 3.19. The van der Waals surface area contributed by atoms with E-state index in [2.05, 4.69) is 11.1 Å². The highest BCUT2D eigenvalue weighted by atomic mass is 16.5. The molecule has 0 unspecified atom stereocenters. The van der Waals surface area contributed by atoms with Crippen molar-refractivity contribution in [1.29, 1.82) is 0 Å². The predicted molar refractivity (Wildman–Crippen MR) is 105 cm³/mol. The number of aromatic hydroxyl groups is 1. The van der Waals surface area contributed by atoms with Gasteiger partial charge in [0, 0.05) is 22.3 Å². The summed E-state index contributed by atoms with van der Waals surface area (Å²) in [6.45, 7) is 2.00. The third kappa shape index (κ3) is 2.28. The molecule has 0 spiro atoms. The van der Waals surface area contributed by atoms with Crippen molar-refractivity contribution < 1.29 is 9.52 Å². The minimum absolute atomic E-state index is 0.0505. The molecule has 4 saturated carbocycles. The number of hydrogen-bond acceptors (Lipinski definition) is 4. The van der Waals surface area contributed by atoms with Crippen LogP contribution in [0.1, 0.15) is 62.6 Å². The average molecular weight is 360 g/mol. The van der Waals surface area contributed by atoms with Gasteiger partial charge in [0.2, 0.25) is 5.89 Å². The number of nitrogens with zero attached hydrogens (tertiary/aromatic N) is 2. The van der Waals surface area contributed by atoms with Crippen LogP contribution in [0.4, 0.5) is 5.69 Å². The van der Waals surface area contributed by atoms with Gasteiger partial charge in [-0.2, -0.15) is 0 Å². The number of aromatic nitrogens is 1. The highest BCUT2D eigenvalue weighted by Crippen LogP contribution is 2.60. The molecule has 1 aromatic heterocycles. The molecule has 0 atom stereocenters. The van der Waals surface area contributed by atoms with E-state index in [1.54, 1.807) is 0 Å². The molecule has 0 amide bonds. The molecule has 1 aromatic carbocycles. The van der Waals surface area contributed by atoms with Gasteiger partial charge in [0.15, 0.2) is 0 Å². The summed E-state index contributed by atoms with van der Waals surface area (Å²) in [6.07, 6.45) is 9.63. The molecule has 4 aliphatic carbocycles. The van der Waals surface area contributed by atoms with Crippen molar-refractivity contribution in [2.45, 2.75) is 50.9 Å². The van der Waals surface area contributed by atoms with E-state index >= 15 is 0 Å². The van der Waals surface area contributed by atoms with Crippen molar-refractivity contribution in [3.8, 4) is 5.95 Å². The zero-order valence-corrected chi connectivity index (χ0v) is 15.6. The first-order valence-corrected chi connectivity index (χ1v) is 10.2. The summed E-state index contributed by atoms with van der Waals surface area (Å²) in [5.41, 5.74) is 4.64. The van der Waals surface area contributed by atoms with Gasteiger partial charge in [-0.3, -0.25) is 4.99 Å². The largest absolute Gasteiger partial charge is 0.479 e. The maximum atomic E-state index is 10.5. The molecule has 1 aliphatic heterocycles. The Morgan fingerprint density at radius 3 is 2.44 bits per heavy atom. The first-order chi connectivity index (χ1) is 13.1. The van der Waals surface area contributed by atoms with Gasteiger partial charge in [-0.25, -0.2) is 4.98 Å². The molecule has 1 N–H and O–H groups in total. The second kappa shape index (κ2) is 5.34. The Morgan fingerprint density at radius 1 is 1.07 bits per heavy atom. The SMILES string of the molecule is CC1=Nc2ccccc2/C1=C\c1nc(C23CC4CC(CC(C4)C2)C3)oc1O. The number of para-hydroxylation sites is 1. The van der Waals surface area contributed by atoms with Crippen LogP contribution >= 0.6 is 0 Å². The Bertz CT molecular complexity index is 962. The van der Waals surface area contributed by atoms with E-state index in [0.29, 0.717) is 5.69 Å². The quantitative estimate of drug-likeness (QED) is 0.770.